The summed E-state index contributed by atoms with van der Waals surface area (Å²) in [5, 5.41) is 12.3. The van der Waals surface area contributed by atoms with E-state index in [1.165, 1.54) is 5.56 Å². The van der Waals surface area contributed by atoms with Crippen LogP contribution in [-0.4, -0.2) is 40.1 Å². The van der Waals surface area contributed by atoms with Gasteiger partial charge in [0.05, 0.1) is 12.2 Å². The molecule has 1 N–H and O–H groups in total. The Hall–Kier alpha value is -0.0262. The highest BCUT2D eigenvalue weighted by Gasteiger charge is 2.56. The molecule has 0 aromatic heterocycles. The topological polar surface area (TPSA) is 47.9 Å². The number of hydrogen-bond donors (Lipinski definition) is 1. The Balaban J connectivity index is 2.71. The lowest BCUT2D eigenvalue weighted by Gasteiger charge is -2.53. The molecule has 1 aliphatic rings. The van der Waals surface area contributed by atoms with Crippen molar-refractivity contribution in [3.63, 3.8) is 0 Å². The van der Waals surface area contributed by atoms with E-state index >= 15 is 0 Å². The Morgan fingerprint density at radius 3 is 2.10 bits per heavy atom. The molecule has 31 heavy (non-hydrogen) atoms. The van der Waals surface area contributed by atoms with Crippen LogP contribution in [-0.2, 0) is 19.4 Å². The minimum Gasteiger partial charge on any atom is -0.412 e. The van der Waals surface area contributed by atoms with Crippen molar-refractivity contribution in [2.75, 3.05) is 0 Å². The van der Waals surface area contributed by atoms with Crippen LogP contribution in [0.4, 0.5) is 0 Å². The first-order chi connectivity index (χ1) is 14.0. The zero-order valence-corrected chi connectivity index (χ0v) is 24.9. The van der Waals surface area contributed by atoms with Crippen molar-refractivity contribution in [3.8, 4) is 0 Å². The van der Waals surface area contributed by atoms with E-state index in [4.69, 9.17) is 13.6 Å². The van der Waals surface area contributed by atoms with Gasteiger partial charge in [-0.25, -0.2) is 0 Å². The second kappa shape index (κ2) is 9.68. The predicted octanol–water partition coefficient (Wildman–Crippen LogP) is 6.91. The highest BCUT2D eigenvalue weighted by atomic mass is 79.9. The van der Waals surface area contributed by atoms with Gasteiger partial charge in [-0.05, 0) is 75.7 Å². The van der Waals surface area contributed by atoms with Gasteiger partial charge in [-0.2, -0.15) is 0 Å². The molecule has 1 aliphatic heterocycles. The SMILES string of the molecule is CC[C@H]1OC(O)(c2cc(Br)c(C(C)C)cc2C)[C@@H](O[Si](C)(C)C)[C@@H](O[Si](C)(C)C)[C@H]1C. The number of aryl methyl sites for hydroxylation is 1. The van der Waals surface area contributed by atoms with E-state index in [1.54, 1.807) is 0 Å². The second-order valence-electron chi connectivity index (χ2n) is 11.3. The van der Waals surface area contributed by atoms with Gasteiger partial charge in [0, 0.05) is 16.0 Å². The van der Waals surface area contributed by atoms with E-state index in [9.17, 15) is 5.11 Å². The lowest BCUT2D eigenvalue weighted by atomic mass is 9.81. The smallest absolute Gasteiger partial charge is 0.221 e. The van der Waals surface area contributed by atoms with Gasteiger partial charge in [0.15, 0.2) is 16.6 Å². The van der Waals surface area contributed by atoms with Gasteiger partial charge < -0.3 is 18.7 Å². The van der Waals surface area contributed by atoms with Gasteiger partial charge in [0.25, 0.3) is 0 Å². The number of halogens is 1. The Morgan fingerprint density at radius 2 is 1.65 bits per heavy atom. The molecule has 7 heteroatoms. The van der Waals surface area contributed by atoms with Crippen LogP contribution in [0.2, 0.25) is 39.3 Å². The summed E-state index contributed by atoms with van der Waals surface area (Å²) in [6.07, 6.45) is -0.126. The third kappa shape index (κ3) is 6.31. The number of benzene rings is 1. The van der Waals surface area contributed by atoms with Gasteiger partial charge in [0.1, 0.15) is 6.10 Å². The maximum atomic E-state index is 12.3. The molecule has 0 amide bonds. The molecule has 1 fully saturated rings. The molecule has 178 valence electrons. The van der Waals surface area contributed by atoms with Crippen molar-refractivity contribution in [1.29, 1.82) is 0 Å². The zero-order valence-electron chi connectivity index (χ0n) is 21.3. The summed E-state index contributed by atoms with van der Waals surface area (Å²) in [5.41, 5.74) is 3.00. The fourth-order valence-electron chi connectivity index (χ4n) is 4.42. The first-order valence-electron chi connectivity index (χ1n) is 11.6. The molecule has 1 aromatic rings. The minimum absolute atomic E-state index is 0.115. The van der Waals surface area contributed by atoms with Crippen LogP contribution in [0.1, 0.15) is 56.7 Å². The molecule has 0 bridgehead atoms. The van der Waals surface area contributed by atoms with Crippen LogP contribution in [0, 0.1) is 12.8 Å². The van der Waals surface area contributed by atoms with E-state index in [0.29, 0.717) is 5.92 Å². The van der Waals surface area contributed by atoms with E-state index in [-0.39, 0.29) is 18.1 Å². The molecule has 4 nitrogen and oxygen atoms in total. The zero-order chi connectivity index (χ0) is 23.9. The molecule has 1 aromatic carbocycles. The summed E-state index contributed by atoms with van der Waals surface area (Å²) >= 11 is 3.74. The minimum atomic E-state index is -2.02. The molecule has 2 rings (SSSR count). The Bertz CT molecular complexity index is 772. The summed E-state index contributed by atoms with van der Waals surface area (Å²) in [6.45, 7) is 23.7. The third-order valence-corrected chi connectivity index (χ3v) is 8.47. The van der Waals surface area contributed by atoms with Crippen LogP contribution in [0.3, 0.4) is 0 Å². The number of aliphatic hydroxyl groups is 1. The lowest BCUT2D eigenvalue weighted by Crippen LogP contribution is -2.64. The molecule has 1 saturated heterocycles. The fraction of sp³-hybridized carbons (Fsp3) is 0.750. The van der Waals surface area contributed by atoms with Crippen LogP contribution in [0.25, 0.3) is 0 Å². The molecular formula is C24H43BrO4Si2. The van der Waals surface area contributed by atoms with Crippen LogP contribution < -0.4 is 0 Å². The van der Waals surface area contributed by atoms with Crippen molar-refractivity contribution in [2.24, 2.45) is 5.92 Å². The number of rotatable bonds is 7. The molecule has 0 spiro atoms. The first kappa shape index (κ1) is 27.2. The third-order valence-electron chi connectivity index (χ3n) is 5.84. The van der Waals surface area contributed by atoms with E-state index in [1.807, 2.05) is 13.0 Å². The van der Waals surface area contributed by atoms with Crippen LogP contribution in [0.15, 0.2) is 16.6 Å². The van der Waals surface area contributed by atoms with Crippen molar-refractivity contribution < 1.29 is 18.7 Å². The molecule has 0 radical (unpaired) electrons. The summed E-state index contributed by atoms with van der Waals surface area (Å²) in [4.78, 5) is 0. The van der Waals surface area contributed by atoms with Gasteiger partial charge in [-0.3, -0.25) is 0 Å². The van der Waals surface area contributed by atoms with Crippen LogP contribution in [0.5, 0.6) is 0 Å². The highest BCUT2D eigenvalue weighted by molar-refractivity contribution is 9.10. The van der Waals surface area contributed by atoms with Gasteiger partial charge in [-0.1, -0.05) is 49.7 Å². The normalized spacial score (nSPS) is 30.1. The molecule has 1 unspecified atom stereocenters. The van der Waals surface area contributed by atoms with Crippen molar-refractivity contribution >= 4 is 32.6 Å². The van der Waals surface area contributed by atoms with Crippen molar-refractivity contribution in [1.82, 2.24) is 0 Å². The van der Waals surface area contributed by atoms with E-state index < -0.39 is 28.5 Å². The summed E-state index contributed by atoms with van der Waals surface area (Å²) in [5.74, 6) is -1.07. The summed E-state index contributed by atoms with van der Waals surface area (Å²) in [6, 6.07) is 4.18. The summed E-state index contributed by atoms with van der Waals surface area (Å²) < 4.78 is 20.9. The molecule has 5 atom stereocenters. The monoisotopic (exact) mass is 530 g/mol. The Kier molecular flexibility index (Phi) is 8.50. The maximum absolute atomic E-state index is 12.3. The number of hydrogen-bond acceptors (Lipinski definition) is 4. The van der Waals surface area contributed by atoms with Gasteiger partial charge >= 0.3 is 0 Å². The standard InChI is InChI=1S/C24H43BrO4Si2/c1-12-21-17(5)22(28-30(6,7)8)23(29-31(9,10)11)24(26,27-21)19-14-20(25)18(15(2)3)13-16(19)4/h13-15,17,21-23,26H,12H2,1-11H3/t17-,21+,22-,23-,24?/m0/s1. The molecule has 0 aliphatic carbocycles. The largest absolute Gasteiger partial charge is 0.412 e. The predicted molar refractivity (Wildman–Crippen MR) is 138 cm³/mol. The highest BCUT2D eigenvalue weighted by Crippen LogP contribution is 2.46. The quantitative estimate of drug-likeness (QED) is 0.389. The van der Waals surface area contributed by atoms with Gasteiger partial charge in [0.2, 0.25) is 5.79 Å². The van der Waals surface area contributed by atoms with Gasteiger partial charge in [-0.15, -0.1) is 0 Å². The Morgan fingerprint density at radius 1 is 1.10 bits per heavy atom. The average molecular weight is 532 g/mol. The first-order valence-corrected chi connectivity index (χ1v) is 19.2. The number of ether oxygens (including phenoxy) is 1. The molecule has 0 saturated carbocycles. The molecular weight excluding hydrogens is 488 g/mol. The van der Waals surface area contributed by atoms with Crippen LogP contribution >= 0.6 is 15.9 Å². The lowest BCUT2D eigenvalue weighted by molar-refractivity contribution is -0.339. The van der Waals surface area contributed by atoms with Crippen molar-refractivity contribution in [3.05, 3.63) is 33.3 Å². The maximum Gasteiger partial charge on any atom is 0.221 e. The van der Waals surface area contributed by atoms with E-state index in [0.717, 1.165) is 22.0 Å². The second-order valence-corrected chi connectivity index (χ2v) is 21.1. The summed E-state index contributed by atoms with van der Waals surface area (Å²) in [7, 11) is -3.92. The molecule has 1 heterocycles. The fourth-order valence-corrected chi connectivity index (χ4v) is 7.44. The average Bonchev–Trinajstić information content (AvgIpc) is 2.60. The Labute approximate surface area is 200 Å². The van der Waals surface area contributed by atoms with Crippen molar-refractivity contribution in [2.45, 2.75) is 110 Å². The van der Waals surface area contributed by atoms with E-state index in [2.05, 4.69) is 89.0 Å².